The van der Waals surface area contributed by atoms with E-state index in [1.54, 1.807) is 63.6 Å². The first-order valence-corrected chi connectivity index (χ1v) is 44.7. The van der Waals surface area contributed by atoms with Gasteiger partial charge in [0.05, 0.1) is 62.1 Å². The van der Waals surface area contributed by atoms with Crippen LogP contribution in [0.1, 0.15) is 128 Å². The number of amides is 5. The summed E-state index contributed by atoms with van der Waals surface area (Å²) in [5, 5.41) is 17.8. The fourth-order valence-corrected chi connectivity index (χ4v) is 16.0. The maximum absolute atomic E-state index is 13.8. The van der Waals surface area contributed by atoms with Crippen molar-refractivity contribution in [1.82, 2.24) is 24.7 Å². The number of hydrogen-bond acceptors (Lipinski definition) is 14. The minimum Gasteiger partial charge on any atom is -0.447 e. The lowest BCUT2D eigenvalue weighted by molar-refractivity contribution is -0.133. The van der Waals surface area contributed by atoms with E-state index in [4.69, 9.17) is 9.47 Å². The summed E-state index contributed by atoms with van der Waals surface area (Å²) in [6, 6.07) is 38.0. The number of ketones is 1. The molecule has 5 amide bonds. The number of Topliss-reactive ketones (excluding diaryl/α,β-unsaturated/α-hetero) is 1. The summed E-state index contributed by atoms with van der Waals surface area (Å²) in [5.74, 6) is -2.54. The van der Waals surface area contributed by atoms with Gasteiger partial charge < -0.3 is 24.0 Å². The number of carbonyl (C=O) groups excluding carboxylic acids is 6. The fourth-order valence-electron chi connectivity index (χ4n) is 10.1. The van der Waals surface area contributed by atoms with Crippen LogP contribution in [0.2, 0.25) is 0 Å². The molecule has 4 heterocycles. The second-order valence-electron chi connectivity index (χ2n) is 26.6. The second kappa shape index (κ2) is 56.3. The first-order chi connectivity index (χ1) is 55.0. The summed E-state index contributed by atoms with van der Waals surface area (Å²) in [5.41, 5.74) is 5.12. The molecule has 2 aliphatic heterocycles. The van der Waals surface area contributed by atoms with E-state index in [0.717, 1.165) is 89.6 Å². The van der Waals surface area contributed by atoms with Gasteiger partial charge >= 0.3 is 36.9 Å². The Hall–Kier alpha value is -6.65. The number of imide groups is 2. The second-order valence-corrected chi connectivity index (χ2v) is 35.9. The van der Waals surface area contributed by atoms with Gasteiger partial charge in [-0.25, -0.2) is 29.4 Å². The highest BCUT2D eigenvalue weighted by Crippen LogP contribution is 2.47. The molecule has 2 saturated heterocycles. The van der Waals surface area contributed by atoms with Crippen molar-refractivity contribution in [2.75, 3.05) is 31.7 Å². The molecule has 1 N–H and O–H groups in total. The summed E-state index contributed by atoms with van der Waals surface area (Å²) in [6.07, 6.45) is -5.73. The summed E-state index contributed by atoms with van der Waals surface area (Å²) in [6.45, 7) is 22.8. The number of aromatic nitrogens is 2. The van der Waals surface area contributed by atoms with Gasteiger partial charge in [-0.1, -0.05) is 248 Å². The molecule has 0 aliphatic carbocycles. The Morgan fingerprint density at radius 1 is 0.592 bits per heavy atom. The molecule has 662 valence electrons. The van der Waals surface area contributed by atoms with Crippen molar-refractivity contribution < 1.29 is 101 Å². The lowest BCUT2D eigenvalue weighted by Crippen LogP contribution is -2.42. The van der Waals surface area contributed by atoms with Gasteiger partial charge in [0.2, 0.25) is 17.7 Å². The first-order valence-electron chi connectivity index (χ1n) is 36.3. The van der Waals surface area contributed by atoms with E-state index in [1.807, 2.05) is 195 Å². The van der Waals surface area contributed by atoms with Gasteiger partial charge in [-0.05, 0) is 164 Å². The molecule has 120 heavy (non-hydrogen) atoms. The molecule has 2 fully saturated rings. The standard InChI is InChI=1S/C17H17F3INO3.C17H16NOPS.C14H19NOS.C13H15NO3.C10H13F3O.C9H13F3INO.C4H3F3I2.2CH4/c1-11(7-8-14(21)17(18,19)20)15(23)22-13(10-25-16(22)24)9-12-5-3-2-4-6-12;1-14-18-15(13-21-14)12-20(19,16-8-4-2-5-9-16)17-10-6-3-7-11-17;1-5-10(2)6-7-14(16)11(3)8-13-9-17-12(4)15-13;1-2-12(15)14-11(9-17-13(14)16)8-10-6-4-3-5-7-10;1-4-9(10(11,12)13)6-5-7(2)8(3)14;1-6(8(15)14(2)3)4-5-7(13)9(10,11)12;5-4(6,7)3(9)1-2-8;;/h2-6,8,11,13H,7,9-10H2,1H3;2-11,13H,12H2,1H3;5-6,8-9,14,16H,1,7H2,2-4H3;3-7,11H,2,8-9H2,1H3;4,6-7H,1,5H2,2-3H3;5-6H,4H2,1-3H3;1H,2H2;2*1H4/b14-8-;;10-6-,11-8+;;9-6+;7-5-;3-1-;;/t11-,13+;;14-;11-;7-;6-;;;/m0.0100.../s1. The number of carbonyl (C=O) groups is 6. The zero-order valence-electron chi connectivity index (χ0n) is 66.6. The molecule has 0 unspecified atom stereocenters. The summed E-state index contributed by atoms with van der Waals surface area (Å²) < 4.78 is 167. The Labute approximate surface area is 759 Å². The van der Waals surface area contributed by atoms with Crippen LogP contribution in [0.4, 0.5) is 62.3 Å². The normalized spacial score (nSPS) is 15.6. The van der Waals surface area contributed by atoms with Crippen molar-refractivity contribution in [2.24, 2.45) is 17.8 Å². The number of alkyl halides is 13. The van der Waals surface area contributed by atoms with Crippen LogP contribution in [0, 0.1) is 31.6 Å². The smallest absolute Gasteiger partial charge is 0.421 e. The van der Waals surface area contributed by atoms with Gasteiger partial charge in [0, 0.05) is 64.1 Å². The monoisotopic (exact) mass is 2200 g/mol. The van der Waals surface area contributed by atoms with Gasteiger partial charge in [0.15, 0.2) is 0 Å². The van der Waals surface area contributed by atoms with Crippen LogP contribution in [0.25, 0.3) is 6.08 Å². The summed E-state index contributed by atoms with van der Waals surface area (Å²) >= 11 is 8.79. The molecule has 2 aromatic heterocycles. The first kappa shape index (κ1) is 113. The van der Waals surface area contributed by atoms with Crippen LogP contribution >= 0.6 is 120 Å². The average Bonchev–Trinajstić information content (AvgIpc) is 1.01. The van der Waals surface area contributed by atoms with E-state index < -0.39 is 90.2 Å². The van der Waals surface area contributed by atoms with Crippen molar-refractivity contribution in [3.05, 3.63) is 248 Å². The largest absolute Gasteiger partial charge is 0.447 e. The number of aryl methyl sites for hydroxylation is 2. The Balaban J connectivity index is 0.00000140. The molecule has 0 saturated carbocycles. The number of rotatable bonds is 25. The number of cyclic esters (lactones) is 2. The lowest BCUT2D eigenvalue weighted by Gasteiger charge is -2.22. The van der Waals surface area contributed by atoms with E-state index in [-0.39, 0.29) is 70.3 Å². The highest BCUT2D eigenvalue weighted by molar-refractivity contribution is 14.1. The maximum Gasteiger partial charge on any atom is 0.421 e. The van der Waals surface area contributed by atoms with Crippen molar-refractivity contribution in [1.29, 1.82) is 0 Å². The minimum atomic E-state index is -4.42. The van der Waals surface area contributed by atoms with Gasteiger partial charge in [0.1, 0.15) is 26.1 Å². The number of allylic oxidation sites excluding steroid dienone is 11. The van der Waals surface area contributed by atoms with Crippen molar-refractivity contribution in [3.63, 3.8) is 0 Å². The SMILES string of the molecule is C.C.C=C/C(=C\C[C@H](C)C(C)=O)C(F)(F)F.C=C/C(C)=C\C[C@H](O)/C(C)=C/c1csc(C)n1.CCC(=O)N1C(=O)OC[C@H]1Cc1ccccc1.C[C@@H](C/C=C(\I)C(F)(F)F)C(=O)N(C)C.C[C@@H](C/C=C(\I)C(F)(F)F)C(=O)N1C(=O)OC[C@H]1Cc1ccccc1.Cc1nc(CP(=O)(c2ccccc2)c2ccccc2)cs1.FC(F)(F)/C(I)=C/CI. The van der Waals surface area contributed by atoms with E-state index in [9.17, 15) is 91.1 Å². The third kappa shape index (κ3) is 42.2. The highest BCUT2D eigenvalue weighted by Gasteiger charge is 2.41. The number of aliphatic hydroxyl groups is 1. The molecule has 8 rings (SSSR count). The molecular formula is C86H104F12I4N5O10PS2. The molecule has 0 spiro atoms. The number of benzene rings is 4. The van der Waals surface area contributed by atoms with Crippen LogP contribution in [0.3, 0.4) is 0 Å². The molecule has 15 nitrogen and oxygen atoms in total. The molecule has 0 radical (unpaired) electrons. The number of thiazole rings is 2. The third-order valence-corrected chi connectivity index (χ3v) is 25.1. The van der Waals surface area contributed by atoms with Gasteiger partial charge in [-0.3, -0.25) is 19.2 Å². The van der Waals surface area contributed by atoms with Gasteiger partial charge in [0.25, 0.3) is 0 Å². The van der Waals surface area contributed by atoms with Crippen LogP contribution in [-0.2, 0) is 52.2 Å². The molecule has 6 atom stereocenters. The number of ether oxygens (including phenoxy) is 2. The topological polar surface area (TPSA) is 194 Å². The summed E-state index contributed by atoms with van der Waals surface area (Å²) in [4.78, 5) is 82.1. The Morgan fingerprint density at radius 3 is 1.37 bits per heavy atom. The highest BCUT2D eigenvalue weighted by atomic mass is 127. The van der Waals surface area contributed by atoms with Crippen molar-refractivity contribution in [2.45, 2.75) is 171 Å². The fraction of sp³-hybridized carbons (Fsp3) is 0.395. The predicted molar refractivity (Wildman–Crippen MR) is 492 cm³/mol. The van der Waals surface area contributed by atoms with E-state index in [2.05, 4.69) is 23.1 Å². The Bertz CT molecular complexity index is 4380. The zero-order chi connectivity index (χ0) is 89.5. The minimum absolute atomic E-state index is 0. The number of nitrogens with zero attached hydrogens (tertiary/aromatic N) is 5. The third-order valence-electron chi connectivity index (χ3n) is 16.9. The van der Waals surface area contributed by atoms with Crippen LogP contribution in [-0.4, -0.2) is 140 Å². The molecular weight excluding hydrogens is 2090 g/mol. The molecule has 0 bridgehead atoms. The molecule has 2 aliphatic rings. The van der Waals surface area contributed by atoms with Crippen LogP contribution in [0.5, 0.6) is 0 Å². The quantitative estimate of drug-likeness (QED) is 0.0188. The number of aliphatic hydroxyl groups excluding tert-OH is 1. The Kier molecular flexibility index (Phi) is 53.1. The van der Waals surface area contributed by atoms with E-state index >= 15 is 0 Å². The van der Waals surface area contributed by atoms with Gasteiger partial charge in [-0.15, -0.1) is 22.7 Å². The number of halogens is 16. The molecule has 34 heteroatoms. The number of hydrogen-bond donors (Lipinski definition) is 1. The average molecular weight is 2200 g/mol. The van der Waals surface area contributed by atoms with Crippen molar-refractivity contribution >= 4 is 173 Å². The lowest BCUT2D eigenvalue weighted by atomic mass is 10.0. The summed E-state index contributed by atoms with van der Waals surface area (Å²) in [7, 11) is 0.473. The molecule has 6 aromatic rings. The van der Waals surface area contributed by atoms with Crippen molar-refractivity contribution in [3.8, 4) is 0 Å². The van der Waals surface area contributed by atoms with Crippen LogP contribution < -0.4 is 10.6 Å². The van der Waals surface area contributed by atoms with E-state index in [1.165, 1.54) is 91.4 Å². The van der Waals surface area contributed by atoms with Crippen LogP contribution in [0.15, 0.2) is 215 Å². The maximum atomic E-state index is 13.8. The van der Waals surface area contributed by atoms with E-state index in [0.29, 0.717) is 42.9 Å². The molecule has 4 aromatic carbocycles. The van der Waals surface area contributed by atoms with Gasteiger partial charge in [-0.2, -0.15) is 52.7 Å². The Morgan fingerprint density at radius 2 is 1.00 bits per heavy atom. The predicted octanol–water partition coefficient (Wildman–Crippen LogP) is 25.0. The zero-order valence-corrected chi connectivity index (χ0v) is 77.8.